The first-order valence-electron chi connectivity index (χ1n) is 7.98. The average molecular weight is 331 g/mol. The zero-order valence-corrected chi connectivity index (χ0v) is 13.8. The van der Waals surface area contributed by atoms with E-state index in [0.717, 1.165) is 28.2 Å². The van der Waals surface area contributed by atoms with Crippen molar-refractivity contribution in [2.75, 3.05) is 5.32 Å². The molecule has 0 bridgehead atoms. The summed E-state index contributed by atoms with van der Waals surface area (Å²) in [5.41, 5.74) is 2.67. The number of benzene rings is 2. The lowest BCUT2D eigenvalue weighted by Gasteiger charge is -2.09. The first-order valence-corrected chi connectivity index (χ1v) is 7.98. The van der Waals surface area contributed by atoms with Gasteiger partial charge in [-0.25, -0.2) is 9.97 Å². The van der Waals surface area contributed by atoms with E-state index in [1.54, 1.807) is 12.5 Å². The lowest BCUT2D eigenvalue weighted by atomic mass is 10.2. The second kappa shape index (κ2) is 6.60. The Balaban J connectivity index is 1.47. The molecule has 1 N–H and O–H groups in total. The van der Waals surface area contributed by atoms with Gasteiger partial charge < -0.3 is 14.6 Å². The fourth-order valence-corrected chi connectivity index (χ4v) is 2.53. The molecule has 2 aromatic carbocycles. The lowest BCUT2D eigenvalue weighted by molar-refractivity contribution is 0.482. The molecule has 0 aliphatic heterocycles. The van der Waals surface area contributed by atoms with Crippen LogP contribution in [-0.2, 0) is 13.6 Å². The highest BCUT2D eigenvalue weighted by Gasteiger charge is 2.05. The van der Waals surface area contributed by atoms with Crippen LogP contribution in [0.3, 0.4) is 0 Å². The van der Waals surface area contributed by atoms with Crippen LogP contribution in [0.1, 0.15) is 5.56 Å². The molecule has 25 heavy (non-hydrogen) atoms. The van der Waals surface area contributed by atoms with Gasteiger partial charge in [0.25, 0.3) is 0 Å². The van der Waals surface area contributed by atoms with Crippen molar-refractivity contribution >= 4 is 17.1 Å². The van der Waals surface area contributed by atoms with Gasteiger partial charge in [0, 0.05) is 13.6 Å². The van der Waals surface area contributed by atoms with Crippen molar-refractivity contribution < 1.29 is 4.74 Å². The molecule has 2 aromatic heterocycles. The normalized spacial score (nSPS) is 10.8. The quantitative estimate of drug-likeness (QED) is 0.603. The predicted molar refractivity (Wildman–Crippen MR) is 96.6 cm³/mol. The van der Waals surface area contributed by atoms with Gasteiger partial charge >= 0.3 is 0 Å². The van der Waals surface area contributed by atoms with Crippen LogP contribution in [0, 0.1) is 0 Å². The molecule has 0 spiro atoms. The molecule has 0 saturated carbocycles. The number of hydrogen-bond donors (Lipinski definition) is 1. The molecule has 0 atom stereocenters. The number of aromatic nitrogens is 4. The lowest BCUT2D eigenvalue weighted by Crippen LogP contribution is -2.04. The van der Waals surface area contributed by atoms with Crippen LogP contribution in [0.5, 0.6) is 11.5 Å². The predicted octanol–water partition coefficient (Wildman–Crippen LogP) is 3.77. The Morgan fingerprint density at radius 2 is 1.84 bits per heavy atom. The maximum Gasteiger partial charge on any atom is 0.225 e. The minimum Gasteiger partial charge on any atom is -0.457 e. The Morgan fingerprint density at radius 1 is 1.00 bits per heavy atom. The molecule has 4 rings (SSSR count). The Morgan fingerprint density at radius 3 is 2.72 bits per heavy atom. The minimum atomic E-state index is 0.575. The van der Waals surface area contributed by atoms with Crippen LogP contribution in [0.25, 0.3) is 11.2 Å². The number of fused-ring (bicyclic) bond motifs is 1. The molecule has 2 heterocycles. The highest BCUT2D eigenvalue weighted by molar-refractivity contribution is 5.70. The van der Waals surface area contributed by atoms with Gasteiger partial charge in [-0.3, -0.25) is 0 Å². The molecular weight excluding hydrogens is 314 g/mol. The monoisotopic (exact) mass is 331 g/mol. The second-order valence-corrected chi connectivity index (χ2v) is 5.67. The Hall–Kier alpha value is -3.41. The summed E-state index contributed by atoms with van der Waals surface area (Å²) in [5, 5.41) is 3.24. The molecule has 4 aromatic rings. The molecule has 124 valence electrons. The largest absolute Gasteiger partial charge is 0.457 e. The van der Waals surface area contributed by atoms with Crippen molar-refractivity contribution in [1.82, 2.24) is 19.5 Å². The molecule has 6 nitrogen and oxygen atoms in total. The van der Waals surface area contributed by atoms with Crippen molar-refractivity contribution in [3.8, 4) is 11.5 Å². The molecule has 0 unspecified atom stereocenters. The SMILES string of the molecule is Cn1cnc2cnc(NCc3cccc(Oc4ccccc4)c3)nc21. The summed E-state index contributed by atoms with van der Waals surface area (Å²) in [7, 11) is 1.91. The molecule has 0 amide bonds. The van der Waals surface area contributed by atoms with Gasteiger partial charge in [-0.2, -0.15) is 4.98 Å². The Labute approximate surface area is 145 Å². The van der Waals surface area contributed by atoms with Gasteiger partial charge in [0.05, 0.1) is 12.5 Å². The van der Waals surface area contributed by atoms with Crippen LogP contribution >= 0.6 is 0 Å². The van der Waals surface area contributed by atoms with Crippen molar-refractivity contribution in [3.05, 3.63) is 72.7 Å². The average Bonchev–Trinajstić information content (AvgIpc) is 3.02. The molecular formula is C19H17N5O. The number of ether oxygens (including phenoxy) is 1. The number of hydrogen-bond acceptors (Lipinski definition) is 5. The van der Waals surface area contributed by atoms with Crippen LogP contribution in [-0.4, -0.2) is 19.5 Å². The molecule has 0 radical (unpaired) electrons. The van der Waals surface area contributed by atoms with Gasteiger partial charge in [0.2, 0.25) is 5.95 Å². The smallest absolute Gasteiger partial charge is 0.225 e. The van der Waals surface area contributed by atoms with Crippen LogP contribution < -0.4 is 10.1 Å². The molecule has 0 fully saturated rings. The first kappa shape index (κ1) is 15.1. The third-order valence-corrected chi connectivity index (χ3v) is 3.78. The maximum absolute atomic E-state index is 5.86. The number of nitrogens with one attached hydrogen (secondary N) is 1. The number of para-hydroxylation sites is 1. The van der Waals surface area contributed by atoms with E-state index in [-0.39, 0.29) is 0 Å². The summed E-state index contributed by atoms with van der Waals surface area (Å²) >= 11 is 0. The van der Waals surface area contributed by atoms with Gasteiger partial charge in [-0.15, -0.1) is 0 Å². The number of imidazole rings is 1. The van der Waals surface area contributed by atoms with Crippen LogP contribution in [0.15, 0.2) is 67.1 Å². The van der Waals surface area contributed by atoms with Crippen LogP contribution in [0.4, 0.5) is 5.95 Å². The molecule has 0 aliphatic carbocycles. The minimum absolute atomic E-state index is 0.575. The van der Waals surface area contributed by atoms with Gasteiger partial charge in [0.1, 0.15) is 17.0 Å². The Bertz CT molecular complexity index is 997. The van der Waals surface area contributed by atoms with E-state index in [0.29, 0.717) is 12.5 Å². The molecule has 6 heteroatoms. The van der Waals surface area contributed by atoms with Gasteiger partial charge in [-0.1, -0.05) is 30.3 Å². The van der Waals surface area contributed by atoms with Crippen molar-refractivity contribution in [1.29, 1.82) is 0 Å². The zero-order valence-electron chi connectivity index (χ0n) is 13.8. The van der Waals surface area contributed by atoms with E-state index < -0.39 is 0 Å². The van der Waals surface area contributed by atoms with E-state index in [1.807, 2.05) is 66.2 Å². The second-order valence-electron chi connectivity index (χ2n) is 5.67. The van der Waals surface area contributed by atoms with E-state index in [1.165, 1.54) is 0 Å². The third-order valence-electron chi connectivity index (χ3n) is 3.78. The van der Waals surface area contributed by atoms with E-state index >= 15 is 0 Å². The van der Waals surface area contributed by atoms with Gasteiger partial charge in [-0.05, 0) is 29.8 Å². The van der Waals surface area contributed by atoms with E-state index in [9.17, 15) is 0 Å². The van der Waals surface area contributed by atoms with Crippen LogP contribution in [0.2, 0.25) is 0 Å². The molecule has 0 aliphatic rings. The standard InChI is InChI=1S/C19H17N5O/c1-24-13-22-17-12-21-19(23-18(17)24)20-11-14-6-5-9-16(10-14)25-15-7-3-2-4-8-15/h2-10,12-13H,11H2,1H3,(H,20,21,23). The Kier molecular flexibility index (Phi) is 4.00. The first-order chi connectivity index (χ1) is 12.3. The zero-order chi connectivity index (χ0) is 17.1. The number of nitrogens with zero attached hydrogens (tertiary/aromatic N) is 4. The summed E-state index contributed by atoms with van der Waals surface area (Å²) in [6.07, 6.45) is 3.45. The molecule has 0 saturated heterocycles. The number of anilines is 1. The fraction of sp³-hybridized carbons (Fsp3) is 0.105. The summed E-state index contributed by atoms with van der Waals surface area (Å²) in [6, 6.07) is 17.7. The van der Waals surface area contributed by atoms with Crippen molar-refractivity contribution in [3.63, 3.8) is 0 Å². The third kappa shape index (κ3) is 3.42. The van der Waals surface area contributed by atoms with E-state index in [2.05, 4.69) is 20.3 Å². The highest BCUT2D eigenvalue weighted by Crippen LogP contribution is 2.22. The number of aryl methyl sites for hydroxylation is 1. The van der Waals surface area contributed by atoms with E-state index in [4.69, 9.17) is 4.74 Å². The highest BCUT2D eigenvalue weighted by atomic mass is 16.5. The summed E-state index contributed by atoms with van der Waals surface area (Å²) in [5.74, 6) is 2.19. The van der Waals surface area contributed by atoms with Crippen molar-refractivity contribution in [2.45, 2.75) is 6.54 Å². The summed E-state index contributed by atoms with van der Waals surface area (Å²) in [4.78, 5) is 13.0. The van der Waals surface area contributed by atoms with Crippen molar-refractivity contribution in [2.24, 2.45) is 7.05 Å². The summed E-state index contributed by atoms with van der Waals surface area (Å²) < 4.78 is 7.73. The maximum atomic E-state index is 5.86. The topological polar surface area (TPSA) is 64.9 Å². The number of rotatable bonds is 5. The summed E-state index contributed by atoms with van der Waals surface area (Å²) in [6.45, 7) is 0.606. The van der Waals surface area contributed by atoms with Gasteiger partial charge in [0.15, 0.2) is 5.65 Å². The fourth-order valence-electron chi connectivity index (χ4n) is 2.53.